The van der Waals surface area contributed by atoms with Crippen LogP contribution >= 0.6 is 11.6 Å². The average molecular weight is 274 g/mol. The van der Waals surface area contributed by atoms with Gasteiger partial charge in [-0.25, -0.2) is 0 Å². The molecule has 0 saturated heterocycles. The van der Waals surface area contributed by atoms with Gasteiger partial charge in [-0.2, -0.15) is 0 Å². The summed E-state index contributed by atoms with van der Waals surface area (Å²) in [7, 11) is 0. The molecule has 0 aliphatic heterocycles. The smallest absolute Gasteiger partial charge is 0.296 e. The molecule has 19 heavy (non-hydrogen) atoms. The van der Waals surface area contributed by atoms with Gasteiger partial charge in [0.2, 0.25) is 0 Å². The van der Waals surface area contributed by atoms with E-state index in [1.165, 1.54) is 0 Å². The molecule has 2 aromatic rings. The van der Waals surface area contributed by atoms with Gasteiger partial charge in [-0.15, -0.1) is 0 Å². The summed E-state index contributed by atoms with van der Waals surface area (Å²) in [5.41, 5.74) is 3.09. The summed E-state index contributed by atoms with van der Waals surface area (Å²) in [6, 6.07) is 18.0. The van der Waals surface area contributed by atoms with Gasteiger partial charge in [-0.05, 0) is 48.7 Å². The predicted molar refractivity (Wildman–Crippen MR) is 80.7 cm³/mol. The quantitative estimate of drug-likeness (QED) is 0.574. The van der Waals surface area contributed by atoms with Crippen LogP contribution < -0.4 is 4.90 Å². The fourth-order valence-electron chi connectivity index (χ4n) is 2.05. The molecule has 0 N–H and O–H groups in total. The summed E-state index contributed by atoms with van der Waals surface area (Å²) < 4.78 is 0. The van der Waals surface area contributed by atoms with Crippen molar-refractivity contribution in [2.45, 2.75) is 19.9 Å². The molecular formula is C16H16ClNO. The maximum Gasteiger partial charge on any atom is 0.321 e. The van der Waals surface area contributed by atoms with E-state index in [2.05, 4.69) is 12.1 Å². The normalized spacial score (nSPS) is 10.5. The molecule has 2 rings (SSSR count). The molecule has 98 valence electrons. The van der Waals surface area contributed by atoms with Crippen molar-refractivity contribution in [1.82, 2.24) is 0 Å². The van der Waals surface area contributed by atoms with Crippen molar-refractivity contribution in [2.75, 3.05) is 4.90 Å². The number of anilines is 1. The summed E-state index contributed by atoms with van der Waals surface area (Å²) in [4.78, 5) is 13.0. The lowest BCUT2D eigenvalue weighted by atomic mass is 10.1. The summed E-state index contributed by atoms with van der Waals surface area (Å²) in [6.45, 7) is 3.87. The number of carbonyl (C=O) groups is 1. The molecular weight excluding hydrogens is 258 g/mol. The number of halogens is 1. The molecule has 0 saturated carbocycles. The Bertz CT molecular complexity index is 549. The zero-order valence-corrected chi connectivity index (χ0v) is 11.8. The molecule has 0 heterocycles. The molecule has 2 nitrogen and oxygen atoms in total. The van der Waals surface area contributed by atoms with E-state index in [1.807, 2.05) is 56.3 Å². The van der Waals surface area contributed by atoms with Crippen LogP contribution in [0.3, 0.4) is 0 Å². The standard InChI is InChI=1S/C16H16ClNO/c1-12(2)18(16(17)19)15-10-8-14(9-11-15)13-6-4-3-5-7-13/h3-12H,1-2H3. The Labute approximate surface area is 118 Å². The largest absolute Gasteiger partial charge is 0.321 e. The van der Waals surface area contributed by atoms with Gasteiger partial charge < -0.3 is 0 Å². The fraction of sp³-hybridized carbons (Fsp3) is 0.188. The van der Waals surface area contributed by atoms with Crippen LogP contribution in [0.5, 0.6) is 0 Å². The van der Waals surface area contributed by atoms with Crippen molar-refractivity contribution in [3.8, 4) is 11.1 Å². The molecule has 2 aromatic carbocycles. The third-order valence-corrected chi connectivity index (χ3v) is 3.14. The number of nitrogens with zero attached hydrogens (tertiary/aromatic N) is 1. The number of rotatable bonds is 3. The van der Waals surface area contributed by atoms with E-state index in [0.29, 0.717) is 0 Å². The van der Waals surface area contributed by atoms with E-state index in [0.717, 1.165) is 16.8 Å². The molecule has 0 unspecified atom stereocenters. The van der Waals surface area contributed by atoms with E-state index in [-0.39, 0.29) is 6.04 Å². The first-order chi connectivity index (χ1) is 9.09. The average Bonchev–Trinajstić information content (AvgIpc) is 2.40. The van der Waals surface area contributed by atoms with Gasteiger partial charge in [0.15, 0.2) is 0 Å². The van der Waals surface area contributed by atoms with E-state index in [1.54, 1.807) is 4.90 Å². The minimum atomic E-state index is -0.456. The lowest BCUT2D eigenvalue weighted by molar-refractivity contribution is 0.263. The van der Waals surface area contributed by atoms with Crippen molar-refractivity contribution in [3.63, 3.8) is 0 Å². The summed E-state index contributed by atoms with van der Waals surface area (Å²) in [6.07, 6.45) is 0. The highest BCUT2D eigenvalue weighted by molar-refractivity contribution is 6.66. The molecule has 0 spiro atoms. The van der Waals surface area contributed by atoms with Gasteiger partial charge >= 0.3 is 5.37 Å². The lowest BCUT2D eigenvalue weighted by Gasteiger charge is -2.24. The van der Waals surface area contributed by atoms with Crippen molar-refractivity contribution < 1.29 is 4.79 Å². The van der Waals surface area contributed by atoms with Crippen LogP contribution in [0.2, 0.25) is 0 Å². The van der Waals surface area contributed by atoms with Crippen LogP contribution in [0.1, 0.15) is 13.8 Å². The van der Waals surface area contributed by atoms with E-state index >= 15 is 0 Å². The Morgan fingerprint density at radius 1 is 0.947 bits per heavy atom. The molecule has 0 aromatic heterocycles. The third-order valence-electron chi connectivity index (χ3n) is 2.96. The maximum absolute atomic E-state index is 11.4. The Morgan fingerprint density at radius 2 is 1.47 bits per heavy atom. The second kappa shape index (κ2) is 5.89. The SMILES string of the molecule is CC(C)N(C(=O)Cl)c1ccc(-c2ccccc2)cc1. The van der Waals surface area contributed by atoms with Crippen molar-refractivity contribution in [1.29, 1.82) is 0 Å². The second-order valence-electron chi connectivity index (χ2n) is 4.63. The lowest BCUT2D eigenvalue weighted by Crippen LogP contribution is -2.32. The first-order valence-electron chi connectivity index (χ1n) is 6.24. The minimum absolute atomic E-state index is 0.0348. The van der Waals surface area contributed by atoms with Crippen LogP contribution in [0.4, 0.5) is 10.5 Å². The van der Waals surface area contributed by atoms with Crippen molar-refractivity contribution in [3.05, 3.63) is 54.6 Å². The van der Waals surface area contributed by atoms with Crippen molar-refractivity contribution >= 4 is 22.7 Å². The first-order valence-corrected chi connectivity index (χ1v) is 6.61. The summed E-state index contributed by atoms with van der Waals surface area (Å²) in [5, 5.41) is -0.456. The van der Waals surface area contributed by atoms with Crippen LogP contribution in [0.15, 0.2) is 54.6 Å². The van der Waals surface area contributed by atoms with Gasteiger partial charge in [0.05, 0.1) is 0 Å². The van der Waals surface area contributed by atoms with Gasteiger partial charge in [0, 0.05) is 11.7 Å². The molecule has 3 heteroatoms. The molecule has 1 amide bonds. The zero-order chi connectivity index (χ0) is 13.8. The molecule has 0 atom stereocenters. The maximum atomic E-state index is 11.4. The highest BCUT2D eigenvalue weighted by Crippen LogP contribution is 2.24. The number of carbonyl (C=O) groups excluding carboxylic acids is 1. The molecule has 0 aliphatic carbocycles. The highest BCUT2D eigenvalue weighted by Gasteiger charge is 2.16. The first kappa shape index (κ1) is 13.6. The molecule has 0 fully saturated rings. The van der Waals surface area contributed by atoms with Crippen LogP contribution in [0, 0.1) is 0 Å². The monoisotopic (exact) mass is 273 g/mol. The molecule has 0 radical (unpaired) electrons. The number of hydrogen-bond acceptors (Lipinski definition) is 1. The zero-order valence-electron chi connectivity index (χ0n) is 11.0. The van der Waals surface area contributed by atoms with Gasteiger partial charge in [-0.1, -0.05) is 42.5 Å². The second-order valence-corrected chi connectivity index (χ2v) is 4.95. The predicted octanol–water partition coefficient (Wildman–Crippen LogP) is 4.93. The third kappa shape index (κ3) is 3.15. The van der Waals surface area contributed by atoms with Gasteiger partial charge in [0.25, 0.3) is 0 Å². The van der Waals surface area contributed by atoms with Crippen molar-refractivity contribution in [2.24, 2.45) is 0 Å². The number of amides is 1. The summed E-state index contributed by atoms with van der Waals surface area (Å²) >= 11 is 5.62. The minimum Gasteiger partial charge on any atom is -0.296 e. The van der Waals surface area contributed by atoms with Crippen LogP contribution in [-0.2, 0) is 0 Å². The highest BCUT2D eigenvalue weighted by atomic mass is 35.5. The number of hydrogen-bond donors (Lipinski definition) is 0. The Hall–Kier alpha value is -1.80. The molecule has 0 aliphatic rings. The Balaban J connectivity index is 2.30. The topological polar surface area (TPSA) is 20.3 Å². The number of benzene rings is 2. The van der Waals surface area contributed by atoms with E-state index in [4.69, 9.17) is 11.6 Å². The summed E-state index contributed by atoms with van der Waals surface area (Å²) in [5.74, 6) is 0. The van der Waals surface area contributed by atoms with Gasteiger partial charge in [-0.3, -0.25) is 9.69 Å². The van der Waals surface area contributed by atoms with E-state index in [9.17, 15) is 4.79 Å². The van der Waals surface area contributed by atoms with Crippen LogP contribution in [0.25, 0.3) is 11.1 Å². The Morgan fingerprint density at radius 3 is 1.95 bits per heavy atom. The van der Waals surface area contributed by atoms with Crippen LogP contribution in [-0.4, -0.2) is 11.4 Å². The fourth-order valence-corrected chi connectivity index (χ4v) is 2.34. The Kier molecular flexibility index (Phi) is 4.23. The van der Waals surface area contributed by atoms with Gasteiger partial charge in [0.1, 0.15) is 0 Å². The molecule has 0 bridgehead atoms. The van der Waals surface area contributed by atoms with E-state index < -0.39 is 5.37 Å².